The van der Waals surface area contributed by atoms with Gasteiger partial charge >= 0.3 is 0 Å². The SMILES string of the molecule is CCN(CC)Cc1ccc(C(=O)Nc2cccc(-c3nnnn3C)c2)cc1. The van der Waals surface area contributed by atoms with E-state index in [0.717, 1.165) is 25.2 Å². The number of nitrogens with one attached hydrogen (secondary N) is 1. The van der Waals surface area contributed by atoms with Crippen molar-refractivity contribution in [2.45, 2.75) is 20.4 Å². The van der Waals surface area contributed by atoms with Crippen LogP contribution in [0.3, 0.4) is 0 Å². The van der Waals surface area contributed by atoms with Crippen molar-refractivity contribution in [3.05, 3.63) is 59.7 Å². The van der Waals surface area contributed by atoms with Gasteiger partial charge in [-0.15, -0.1) is 5.10 Å². The molecule has 7 nitrogen and oxygen atoms in total. The normalized spacial score (nSPS) is 11.0. The minimum atomic E-state index is -0.141. The standard InChI is InChI=1S/C20H24N6O/c1-4-26(5-2)14-15-9-11-16(12-10-15)20(27)21-18-8-6-7-17(13-18)19-22-23-24-25(19)3/h6-13H,4-5,14H2,1-3H3,(H,21,27). The molecule has 1 N–H and O–H groups in total. The number of nitrogens with zero attached hydrogens (tertiary/aromatic N) is 5. The van der Waals surface area contributed by atoms with E-state index in [1.165, 1.54) is 5.56 Å². The van der Waals surface area contributed by atoms with Crippen LogP contribution in [0.4, 0.5) is 5.69 Å². The third kappa shape index (κ3) is 4.57. The number of carbonyl (C=O) groups excluding carboxylic acids is 1. The number of benzene rings is 2. The van der Waals surface area contributed by atoms with Crippen LogP contribution in [0.2, 0.25) is 0 Å². The minimum absolute atomic E-state index is 0.141. The first kappa shape index (κ1) is 18.7. The van der Waals surface area contributed by atoms with Crippen molar-refractivity contribution in [3.63, 3.8) is 0 Å². The predicted molar refractivity (Wildman–Crippen MR) is 105 cm³/mol. The van der Waals surface area contributed by atoms with Crippen LogP contribution in [-0.4, -0.2) is 44.1 Å². The Morgan fingerprint density at radius 2 is 1.85 bits per heavy atom. The zero-order chi connectivity index (χ0) is 19.2. The van der Waals surface area contributed by atoms with Gasteiger partial charge < -0.3 is 5.32 Å². The van der Waals surface area contributed by atoms with E-state index in [0.29, 0.717) is 17.1 Å². The maximum Gasteiger partial charge on any atom is 0.255 e. The maximum absolute atomic E-state index is 12.6. The van der Waals surface area contributed by atoms with Gasteiger partial charge in [-0.25, -0.2) is 4.68 Å². The number of anilines is 1. The van der Waals surface area contributed by atoms with Crippen LogP contribution in [0.1, 0.15) is 29.8 Å². The smallest absolute Gasteiger partial charge is 0.255 e. The summed E-state index contributed by atoms with van der Waals surface area (Å²) in [5, 5.41) is 14.4. The molecule has 0 aliphatic rings. The molecule has 3 aromatic rings. The molecule has 1 amide bonds. The van der Waals surface area contributed by atoms with Gasteiger partial charge in [0, 0.05) is 30.4 Å². The third-order valence-corrected chi connectivity index (χ3v) is 4.52. The summed E-state index contributed by atoms with van der Waals surface area (Å²) in [6.07, 6.45) is 0. The van der Waals surface area contributed by atoms with Gasteiger partial charge in [-0.1, -0.05) is 38.1 Å². The van der Waals surface area contributed by atoms with E-state index in [1.807, 2.05) is 48.5 Å². The monoisotopic (exact) mass is 364 g/mol. The van der Waals surface area contributed by atoms with Crippen molar-refractivity contribution in [1.82, 2.24) is 25.1 Å². The van der Waals surface area contributed by atoms with Gasteiger partial charge in [-0.05, 0) is 53.3 Å². The lowest BCUT2D eigenvalue weighted by molar-refractivity contribution is 0.102. The van der Waals surface area contributed by atoms with E-state index < -0.39 is 0 Å². The first-order chi connectivity index (χ1) is 13.1. The number of tetrazole rings is 1. The molecule has 0 atom stereocenters. The lowest BCUT2D eigenvalue weighted by Gasteiger charge is -2.18. The third-order valence-electron chi connectivity index (χ3n) is 4.52. The van der Waals surface area contributed by atoms with Crippen LogP contribution in [0.5, 0.6) is 0 Å². The van der Waals surface area contributed by atoms with Crippen LogP contribution in [0.25, 0.3) is 11.4 Å². The fourth-order valence-corrected chi connectivity index (χ4v) is 2.88. The largest absolute Gasteiger partial charge is 0.322 e. The van der Waals surface area contributed by atoms with Gasteiger partial charge in [0.05, 0.1) is 0 Å². The lowest BCUT2D eigenvalue weighted by atomic mass is 10.1. The van der Waals surface area contributed by atoms with Crippen molar-refractivity contribution in [3.8, 4) is 11.4 Å². The first-order valence-electron chi connectivity index (χ1n) is 9.06. The second-order valence-electron chi connectivity index (χ2n) is 6.32. The molecular formula is C20H24N6O. The minimum Gasteiger partial charge on any atom is -0.322 e. The second kappa shape index (κ2) is 8.55. The summed E-state index contributed by atoms with van der Waals surface area (Å²) in [5.74, 6) is 0.504. The molecule has 2 aromatic carbocycles. The van der Waals surface area contributed by atoms with E-state index in [1.54, 1.807) is 11.7 Å². The van der Waals surface area contributed by atoms with Gasteiger partial charge in [-0.2, -0.15) is 0 Å². The summed E-state index contributed by atoms with van der Waals surface area (Å²) in [7, 11) is 1.78. The first-order valence-corrected chi connectivity index (χ1v) is 9.06. The second-order valence-corrected chi connectivity index (χ2v) is 6.32. The van der Waals surface area contributed by atoms with Crippen molar-refractivity contribution < 1.29 is 4.79 Å². The van der Waals surface area contributed by atoms with Crippen LogP contribution in [0, 0.1) is 0 Å². The van der Waals surface area contributed by atoms with Crippen LogP contribution in [0.15, 0.2) is 48.5 Å². The molecule has 0 unspecified atom stereocenters. The number of aryl methyl sites for hydroxylation is 1. The number of amides is 1. The molecule has 0 aliphatic heterocycles. The summed E-state index contributed by atoms with van der Waals surface area (Å²) in [5.41, 5.74) is 3.37. The van der Waals surface area contributed by atoms with E-state index in [2.05, 4.69) is 39.6 Å². The molecule has 0 fully saturated rings. The molecule has 0 aliphatic carbocycles. The molecule has 0 saturated carbocycles. The van der Waals surface area contributed by atoms with Crippen LogP contribution in [-0.2, 0) is 13.6 Å². The van der Waals surface area contributed by atoms with E-state index in [4.69, 9.17) is 0 Å². The molecule has 3 rings (SSSR count). The van der Waals surface area contributed by atoms with E-state index >= 15 is 0 Å². The number of aromatic nitrogens is 4. The Labute approximate surface area is 159 Å². The Hall–Kier alpha value is -3.06. The number of rotatable bonds is 7. The molecule has 0 spiro atoms. The Kier molecular flexibility index (Phi) is 5.93. The summed E-state index contributed by atoms with van der Waals surface area (Å²) in [6, 6.07) is 15.2. The highest BCUT2D eigenvalue weighted by Crippen LogP contribution is 2.20. The summed E-state index contributed by atoms with van der Waals surface area (Å²) in [4.78, 5) is 14.9. The van der Waals surface area contributed by atoms with E-state index in [9.17, 15) is 4.79 Å². The topological polar surface area (TPSA) is 75.9 Å². The summed E-state index contributed by atoms with van der Waals surface area (Å²) < 4.78 is 1.59. The summed E-state index contributed by atoms with van der Waals surface area (Å²) in [6.45, 7) is 7.21. The zero-order valence-electron chi connectivity index (χ0n) is 15.9. The molecule has 1 heterocycles. The maximum atomic E-state index is 12.6. The number of carbonyl (C=O) groups is 1. The zero-order valence-corrected chi connectivity index (χ0v) is 15.9. The van der Waals surface area contributed by atoms with Crippen LogP contribution < -0.4 is 5.32 Å². The highest BCUT2D eigenvalue weighted by Gasteiger charge is 2.10. The molecule has 27 heavy (non-hydrogen) atoms. The highest BCUT2D eigenvalue weighted by atomic mass is 16.1. The van der Waals surface area contributed by atoms with E-state index in [-0.39, 0.29) is 5.91 Å². The van der Waals surface area contributed by atoms with Gasteiger partial charge in [0.1, 0.15) is 0 Å². The molecule has 1 aromatic heterocycles. The Morgan fingerprint density at radius 3 is 2.48 bits per heavy atom. The molecule has 7 heteroatoms. The Morgan fingerprint density at radius 1 is 1.11 bits per heavy atom. The number of hydrogen-bond donors (Lipinski definition) is 1. The lowest BCUT2D eigenvalue weighted by Crippen LogP contribution is -2.22. The molecule has 140 valence electrons. The van der Waals surface area contributed by atoms with Gasteiger partial charge in [0.15, 0.2) is 5.82 Å². The Bertz CT molecular complexity index is 899. The fraction of sp³-hybridized carbons (Fsp3) is 0.300. The van der Waals surface area contributed by atoms with Crippen molar-refractivity contribution >= 4 is 11.6 Å². The van der Waals surface area contributed by atoms with Crippen LogP contribution >= 0.6 is 0 Å². The average molecular weight is 364 g/mol. The molecule has 0 radical (unpaired) electrons. The fourth-order valence-electron chi connectivity index (χ4n) is 2.88. The average Bonchev–Trinajstić information content (AvgIpc) is 3.12. The predicted octanol–water partition coefficient (Wildman–Crippen LogP) is 2.97. The Balaban J connectivity index is 1.69. The van der Waals surface area contributed by atoms with Gasteiger partial charge in [-0.3, -0.25) is 9.69 Å². The summed E-state index contributed by atoms with van der Waals surface area (Å²) >= 11 is 0. The van der Waals surface area contributed by atoms with Gasteiger partial charge in [0.2, 0.25) is 0 Å². The quantitative estimate of drug-likeness (QED) is 0.697. The van der Waals surface area contributed by atoms with Gasteiger partial charge in [0.25, 0.3) is 5.91 Å². The van der Waals surface area contributed by atoms with Crippen molar-refractivity contribution in [2.75, 3.05) is 18.4 Å². The number of hydrogen-bond acceptors (Lipinski definition) is 5. The molecule has 0 bridgehead atoms. The molecule has 0 saturated heterocycles. The molecular weight excluding hydrogens is 340 g/mol. The highest BCUT2D eigenvalue weighted by molar-refractivity contribution is 6.04. The van der Waals surface area contributed by atoms with Crippen molar-refractivity contribution in [1.29, 1.82) is 0 Å². The van der Waals surface area contributed by atoms with Crippen molar-refractivity contribution in [2.24, 2.45) is 7.05 Å².